The zero-order valence-corrected chi connectivity index (χ0v) is 13.5. The smallest absolute Gasteiger partial charge is 0.0375 e. The van der Waals surface area contributed by atoms with Crippen molar-refractivity contribution < 1.29 is 0 Å². The highest BCUT2D eigenvalue weighted by Gasteiger charge is 2.06. The summed E-state index contributed by atoms with van der Waals surface area (Å²) in [6.07, 6.45) is 1.17. The van der Waals surface area contributed by atoms with Crippen LogP contribution in [0.3, 0.4) is 0 Å². The van der Waals surface area contributed by atoms with Gasteiger partial charge in [0.1, 0.15) is 0 Å². The van der Waals surface area contributed by atoms with Crippen LogP contribution in [0.2, 0.25) is 0 Å². The largest absolute Gasteiger partial charge is 0.374 e. The maximum Gasteiger partial charge on any atom is 0.0375 e. The van der Waals surface area contributed by atoms with Crippen molar-refractivity contribution in [1.29, 1.82) is 0 Å². The molecule has 1 N–H and O–H groups in total. The van der Waals surface area contributed by atoms with Crippen molar-refractivity contribution in [2.75, 3.05) is 25.0 Å². The van der Waals surface area contributed by atoms with Crippen molar-refractivity contribution in [3.8, 4) is 0 Å². The van der Waals surface area contributed by atoms with Crippen molar-refractivity contribution in [2.45, 2.75) is 33.7 Å². The molecule has 2 nitrogen and oxygen atoms in total. The van der Waals surface area contributed by atoms with Crippen molar-refractivity contribution in [3.63, 3.8) is 0 Å². The van der Waals surface area contributed by atoms with Crippen LogP contribution in [-0.4, -0.2) is 20.1 Å². The van der Waals surface area contributed by atoms with E-state index in [2.05, 4.69) is 72.2 Å². The van der Waals surface area contributed by atoms with Gasteiger partial charge in [-0.2, -0.15) is 0 Å². The van der Waals surface area contributed by atoms with E-state index in [4.69, 9.17) is 0 Å². The average Bonchev–Trinajstić information content (AvgIpc) is 2.30. The van der Waals surface area contributed by atoms with E-state index < -0.39 is 0 Å². The predicted molar refractivity (Wildman–Crippen MR) is 84.2 cm³/mol. The summed E-state index contributed by atoms with van der Waals surface area (Å²) in [5.41, 5.74) is 2.60. The van der Waals surface area contributed by atoms with E-state index in [9.17, 15) is 0 Å². The van der Waals surface area contributed by atoms with Gasteiger partial charge in [-0.3, -0.25) is 0 Å². The molecule has 0 bridgehead atoms. The minimum atomic E-state index is 0.680. The van der Waals surface area contributed by atoms with E-state index in [1.54, 1.807) is 0 Å². The lowest BCUT2D eigenvalue weighted by Crippen LogP contribution is -2.22. The Kier molecular flexibility index (Phi) is 6.72. The maximum atomic E-state index is 3.67. The number of anilines is 1. The molecule has 0 aliphatic heterocycles. The van der Waals surface area contributed by atoms with Gasteiger partial charge in [0, 0.05) is 30.3 Å². The second-order valence-electron chi connectivity index (χ2n) is 5.23. The molecule has 0 saturated carbocycles. The van der Waals surface area contributed by atoms with Gasteiger partial charge in [-0.05, 0) is 36.6 Å². The number of hydrogen-bond donors (Lipinski definition) is 1. The van der Waals surface area contributed by atoms with Gasteiger partial charge in [0.25, 0.3) is 0 Å². The highest BCUT2D eigenvalue weighted by Crippen LogP contribution is 2.24. The Morgan fingerprint density at radius 1 is 1.33 bits per heavy atom. The molecule has 1 rings (SSSR count). The third kappa shape index (κ3) is 4.99. The Bertz CT molecular complexity index is 364. The van der Waals surface area contributed by atoms with Gasteiger partial charge in [0.15, 0.2) is 0 Å². The fourth-order valence-electron chi connectivity index (χ4n) is 1.97. The maximum absolute atomic E-state index is 3.67. The van der Waals surface area contributed by atoms with Gasteiger partial charge in [0.05, 0.1) is 0 Å². The van der Waals surface area contributed by atoms with Crippen LogP contribution >= 0.6 is 15.9 Å². The quantitative estimate of drug-likeness (QED) is 0.764. The molecule has 1 aromatic carbocycles. The molecule has 0 saturated heterocycles. The highest BCUT2D eigenvalue weighted by atomic mass is 79.9. The van der Waals surface area contributed by atoms with Crippen LogP contribution in [0.5, 0.6) is 0 Å². The summed E-state index contributed by atoms with van der Waals surface area (Å²) in [4.78, 5) is 2.30. The van der Waals surface area contributed by atoms with E-state index >= 15 is 0 Å². The summed E-state index contributed by atoms with van der Waals surface area (Å²) in [6, 6.07) is 6.63. The van der Waals surface area contributed by atoms with Crippen molar-refractivity contribution >= 4 is 21.6 Å². The fourth-order valence-corrected chi connectivity index (χ4v) is 2.48. The second kappa shape index (κ2) is 7.80. The van der Waals surface area contributed by atoms with Crippen LogP contribution < -0.4 is 10.2 Å². The minimum Gasteiger partial charge on any atom is -0.374 e. The molecule has 102 valence electrons. The van der Waals surface area contributed by atoms with Crippen molar-refractivity contribution in [1.82, 2.24) is 5.32 Å². The molecule has 0 unspecified atom stereocenters. The molecule has 0 atom stereocenters. The summed E-state index contributed by atoms with van der Waals surface area (Å²) in [5, 5.41) is 3.43. The first kappa shape index (κ1) is 15.5. The van der Waals surface area contributed by atoms with E-state index in [1.807, 2.05) is 0 Å². The Morgan fingerprint density at radius 2 is 2.06 bits per heavy atom. The van der Waals surface area contributed by atoms with Crippen LogP contribution in [0, 0.1) is 5.92 Å². The molecule has 0 heterocycles. The molecule has 1 aromatic rings. The van der Waals surface area contributed by atoms with Crippen LogP contribution in [0.25, 0.3) is 0 Å². The normalized spacial score (nSPS) is 11.0. The van der Waals surface area contributed by atoms with Crippen LogP contribution in [0.4, 0.5) is 5.69 Å². The number of benzene rings is 1. The van der Waals surface area contributed by atoms with Gasteiger partial charge in [-0.25, -0.2) is 0 Å². The number of nitrogens with zero attached hydrogens (tertiary/aromatic N) is 1. The van der Waals surface area contributed by atoms with Crippen LogP contribution in [0.15, 0.2) is 22.7 Å². The fraction of sp³-hybridized carbons (Fsp3) is 0.600. The van der Waals surface area contributed by atoms with E-state index in [0.29, 0.717) is 5.92 Å². The van der Waals surface area contributed by atoms with Gasteiger partial charge < -0.3 is 10.2 Å². The molecule has 18 heavy (non-hydrogen) atoms. The summed E-state index contributed by atoms with van der Waals surface area (Å²) < 4.78 is 1.19. The topological polar surface area (TPSA) is 15.3 Å². The Labute approximate surface area is 120 Å². The first-order valence-corrected chi connectivity index (χ1v) is 7.54. The van der Waals surface area contributed by atoms with Crippen LogP contribution in [0.1, 0.15) is 32.8 Å². The third-order valence-electron chi connectivity index (χ3n) is 2.86. The SMILES string of the molecule is CCCNCc1ccc(N(C)CC(C)C)cc1Br. The number of hydrogen-bond acceptors (Lipinski definition) is 2. The van der Waals surface area contributed by atoms with Gasteiger partial charge in [-0.1, -0.05) is 42.8 Å². The lowest BCUT2D eigenvalue weighted by atomic mass is 10.1. The molecule has 3 heteroatoms. The molecule has 0 spiro atoms. The lowest BCUT2D eigenvalue weighted by Gasteiger charge is -2.22. The first-order valence-electron chi connectivity index (χ1n) is 6.74. The lowest BCUT2D eigenvalue weighted by molar-refractivity contribution is 0.638. The standard InChI is InChI=1S/C15H25BrN2/c1-5-8-17-10-13-6-7-14(9-15(13)16)18(4)11-12(2)3/h6-7,9,12,17H,5,8,10-11H2,1-4H3. The zero-order valence-electron chi connectivity index (χ0n) is 12.0. The first-order chi connectivity index (χ1) is 8.54. The molecule has 0 fully saturated rings. The zero-order chi connectivity index (χ0) is 13.5. The van der Waals surface area contributed by atoms with Gasteiger partial charge in [0.2, 0.25) is 0 Å². The molecule has 0 aliphatic carbocycles. The number of rotatable bonds is 7. The van der Waals surface area contributed by atoms with E-state index in [0.717, 1.165) is 19.6 Å². The Hall–Kier alpha value is -0.540. The average molecular weight is 313 g/mol. The molecular weight excluding hydrogens is 288 g/mol. The highest BCUT2D eigenvalue weighted by molar-refractivity contribution is 9.10. The number of nitrogens with one attached hydrogen (secondary N) is 1. The van der Waals surface area contributed by atoms with Crippen molar-refractivity contribution in [2.24, 2.45) is 5.92 Å². The Morgan fingerprint density at radius 3 is 2.61 bits per heavy atom. The predicted octanol–water partition coefficient (Wildman–Crippen LogP) is 4.04. The third-order valence-corrected chi connectivity index (χ3v) is 3.60. The molecular formula is C15H25BrN2. The summed E-state index contributed by atoms with van der Waals surface area (Å²) in [6.45, 7) is 9.76. The van der Waals surface area contributed by atoms with E-state index in [1.165, 1.54) is 22.1 Å². The summed E-state index contributed by atoms with van der Waals surface area (Å²) in [5.74, 6) is 0.680. The Balaban J connectivity index is 2.66. The second-order valence-corrected chi connectivity index (χ2v) is 6.08. The van der Waals surface area contributed by atoms with E-state index in [-0.39, 0.29) is 0 Å². The monoisotopic (exact) mass is 312 g/mol. The minimum absolute atomic E-state index is 0.680. The molecule has 0 aromatic heterocycles. The molecule has 0 radical (unpaired) electrons. The molecule has 0 aliphatic rings. The van der Waals surface area contributed by atoms with Crippen molar-refractivity contribution in [3.05, 3.63) is 28.2 Å². The summed E-state index contributed by atoms with van der Waals surface area (Å²) in [7, 11) is 2.15. The number of halogens is 1. The molecule has 0 amide bonds. The summed E-state index contributed by atoms with van der Waals surface area (Å²) >= 11 is 3.67. The van der Waals surface area contributed by atoms with Crippen LogP contribution in [-0.2, 0) is 6.54 Å². The van der Waals surface area contributed by atoms with Gasteiger partial charge in [-0.15, -0.1) is 0 Å². The van der Waals surface area contributed by atoms with Gasteiger partial charge >= 0.3 is 0 Å².